The van der Waals surface area contributed by atoms with Crippen molar-refractivity contribution in [3.8, 4) is 0 Å². The van der Waals surface area contributed by atoms with Crippen molar-refractivity contribution in [2.75, 3.05) is 0 Å². The van der Waals surface area contributed by atoms with Crippen LogP contribution in [0.25, 0.3) is 10.2 Å². The van der Waals surface area contributed by atoms with Gasteiger partial charge in [-0.1, -0.05) is 0 Å². The number of hydrogen-bond donors (Lipinski definition) is 2. The van der Waals surface area contributed by atoms with Crippen molar-refractivity contribution in [2.45, 2.75) is 0 Å². The van der Waals surface area contributed by atoms with E-state index in [1.165, 1.54) is 0 Å². The van der Waals surface area contributed by atoms with Crippen molar-refractivity contribution in [1.82, 2.24) is 14.3 Å². The Balaban J connectivity index is 2.91. The highest BCUT2D eigenvalue weighted by Gasteiger charge is 2.15. The molecule has 0 unspecified atom stereocenters. The smallest absolute Gasteiger partial charge is 0.357 e. The Morgan fingerprint density at radius 1 is 1.62 bits per heavy atom. The molecule has 2 aromatic heterocycles. The average Bonchev–Trinajstić information content (AvgIpc) is 2.48. The molecular formula is C6H3N3O3S. The molecule has 0 aliphatic carbocycles. The fraction of sp³-hybridized carbons (Fsp3) is 0. The van der Waals surface area contributed by atoms with E-state index in [1.54, 1.807) is 0 Å². The van der Waals surface area contributed by atoms with Crippen LogP contribution in [0.2, 0.25) is 0 Å². The van der Waals surface area contributed by atoms with Crippen LogP contribution in [0, 0.1) is 0 Å². The van der Waals surface area contributed by atoms with Gasteiger partial charge in [0.05, 0.1) is 6.33 Å². The van der Waals surface area contributed by atoms with E-state index >= 15 is 0 Å². The van der Waals surface area contributed by atoms with E-state index in [0.717, 1.165) is 17.9 Å². The van der Waals surface area contributed by atoms with Crippen molar-refractivity contribution in [1.29, 1.82) is 0 Å². The van der Waals surface area contributed by atoms with Crippen LogP contribution in [0.3, 0.4) is 0 Å². The molecule has 0 radical (unpaired) electrons. The van der Waals surface area contributed by atoms with E-state index in [2.05, 4.69) is 14.3 Å². The minimum absolute atomic E-state index is 0.140. The van der Waals surface area contributed by atoms with Gasteiger partial charge in [-0.25, -0.2) is 9.78 Å². The maximum absolute atomic E-state index is 11.1. The molecule has 0 fully saturated rings. The third-order valence-corrected chi connectivity index (χ3v) is 2.30. The van der Waals surface area contributed by atoms with Crippen molar-refractivity contribution in [2.24, 2.45) is 0 Å². The van der Waals surface area contributed by atoms with Crippen LogP contribution in [0.4, 0.5) is 0 Å². The molecule has 0 saturated heterocycles. The Hall–Kier alpha value is -1.76. The standard InChI is InChI=1S/C6H3N3O3S/c10-5-4-2(7-1-8-5)3(6(11)12)9-13-4/h1H,(H,11,12)(H,7,8,10). The Bertz CT molecular complexity index is 529. The summed E-state index contributed by atoms with van der Waals surface area (Å²) in [5.41, 5.74) is -0.401. The third-order valence-electron chi connectivity index (χ3n) is 1.47. The monoisotopic (exact) mass is 197 g/mol. The van der Waals surface area contributed by atoms with Gasteiger partial charge in [0.15, 0.2) is 5.69 Å². The van der Waals surface area contributed by atoms with Gasteiger partial charge >= 0.3 is 5.97 Å². The Kier molecular flexibility index (Phi) is 1.59. The fourth-order valence-electron chi connectivity index (χ4n) is 0.915. The summed E-state index contributed by atoms with van der Waals surface area (Å²) in [6.07, 6.45) is 1.16. The largest absolute Gasteiger partial charge is 0.476 e. The Morgan fingerprint density at radius 2 is 2.38 bits per heavy atom. The van der Waals surface area contributed by atoms with Crippen LogP contribution < -0.4 is 5.56 Å². The fourth-order valence-corrected chi connectivity index (χ4v) is 1.64. The van der Waals surface area contributed by atoms with E-state index in [9.17, 15) is 9.59 Å². The van der Waals surface area contributed by atoms with Gasteiger partial charge in [-0.15, -0.1) is 0 Å². The molecule has 0 aromatic carbocycles. The molecule has 0 amide bonds. The molecule has 0 spiro atoms. The Morgan fingerprint density at radius 3 is 3.08 bits per heavy atom. The minimum Gasteiger partial charge on any atom is -0.476 e. The molecule has 13 heavy (non-hydrogen) atoms. The first-order valence-corrected chi connectivity index (χ1v) is 4.04. The zero-order valence-electron chi connectivity index (χ0n) is 6.14. The quantitative estimate of drug-likeness (QED) is 0.674. The zero-order chi connectivity index (χ0) is 9.42. The average molecular weight is 197 g/mol. The highest BCUT2D eigenvalue weighted by atomic mass is 32.1. The highest BCUT2D eigenvalue weighted by Crippen LogP contribution is 2.15. The lowest BCUT2D eigenvalue weighted by molar-refractivity contribution is 0.0694. The second kappa shape index (κ2) is 2.63. The summed E-state index contributed by atoms with van der Waals surface area (Å²) in [5.74, 6) is -1.18. The van der Waals surface area contributed by atoms with Crippen LogP contribution in [0.5, 0.6) is 0 Å². The molecule has 2 aromatic rings. The predicted octanol–water partition coefficient (Wildman–Crippen LogP) is 0.0778. The summed E-state index contributed by atoms with van der Waals surface area (Å²) in [5, 5.41) is 8.65. The molecule has 2 rings (SSSR count). The number of H-pyrrole nitrogens is 1. The van der Waals surface area contributed by atoms with Gasteiger partial charge in [-0.3, -0.25) is 4.79 Å². The first kappa shape index (κ1) is 7.87. The SMILES string of the molecule is O=C(O)c1nsc2c(=O)[nH]cnc12. The van der Waals surface area contributed by atoms with Gasteiger partial charge in [-0.05, 0) is 11.5 Å². The number of carbonyl (C=O) groups is 1. The lowest BCUT2D eigenvalue weighted by Gasteiger charge is -1.86. The third kappa shape index (κ3) is 1.09. The maximum Gasteiger partial charge on any atom is 0.357 e. The van der Waals surface area contributed by atoms with Crippen LogP contribution in [0.15, 0.2) is 11.1 Å². The lowest BCUT2D eigenvalue weighted by atomic mass is 10.3. The molecule has 2 heterocycles. The molecule has 2 N–H and O–H groups in total. The summed E-state index contributed by atoms with van der Waals surface area (Å²) in [7, 11) is 0. The summed E-state index contributed by atoms with van der Waals surface area (Å²) in [4.78, 5) is 27.7. The number of aromatic amines is 1. The first-order chi connectivity index (χ1) is 6.20. The van der Waals surface area contributed by atoms with Crippen LogP contribution in [-0.2, 0) is 0 Å². The molecule has 66 valence electrons. The topological polar surface area (TPSA) is 95.9 Å². The number of carboxylic acids is 1. The summed E-state index contributed by atoms with van der Waals surface area (Å²) in [6.45, 7) is 0. The van der Waals surface area contributed by atoms with E-state index in [4.69, 9.17) is 5.11 Å². The number of aromatic carboxylic acids is 1. The molecule has 0 aliphatic heterocycles. The molecule has 6 nitrogen and oxygen atoms in total. The van der Waals surface area contributed by atoms with E-state index in [-0.39, 0.29) is 21.5 Å². The number of nitrogens with one attached hydrogen (secondary N) is 1. The van der Waals surface area contributed by atoms with Crippen molar-refractivity contribution < 1.29 is 9.90 Å². The van der Waals surface area contributed by atoms with Crippen molar-refractivity contribution in [3.05, 3.63) is 22.4 Å². The van der Waals surface area contributed by atoms with Gasteiger partial charge in [0.2, 0.25) is 0 Å². The van der Waals surface area contributed by atoms with Crippen molar-refractivity contribution >= 4 is 27.7 Å². The number of rotatable bonds is 1. The van der Waals surface area contributed by atoms with Crippen LogP contribution in [0.1, 0.15) is 10.5 Å². The van der Waals surface area contributed by atoms with E-state index < -0.39 is 5.97 Å². The van der Waals surface area contributed by atoms with Gasteiger partial charge < -0.3 is 10.1 Å². The summed E-state index contributed by atoms with van der Waals surface area (Å²) < 4.78 is 3.85. The molecular weight excluding hydrogens is 194 g/mol. The van der Waals surface area contributed by atoms with Gasteiger partial charge in [-0.2, -0.15) is 4.37 Å². The maximum atomic E-state index is 11.1. The van der Waals surface area contributed by atoms with Gasteiger partial charge in [0.1, 0.15) is 10.2 Å². The predicted molar refractivity (Wildman–Crippen MR) is 45.0 cm³/mol. The highest BCUT2D eigenvalue weighted by molar-refractivity contribution is 7.13. The van der Waals surface area contributed by atoms with Crippen LogP contribution >= 0.6 is 11.5 Å². The molecule has 0 bridgehead atoms. The zero-order valence-corrected chi connectivity index (χ0v) is 6.96. The number of hydrogen-bond acceptors (Lipinski definition) is 5. The number of carboxylic acid groups (broad SMARTS) is 1. The molecule has 0 saturated carbocycles. The van der Waals surface area contributed by atoms with Crippen LogP contribution in [-0.4, -0.2) is 25.4 Å². The molecule has 7 heteroatoms. The lowest BCUT2D eigenvalue weighted by Crippen LogP contribution is -2.05. The number of fused-ring (bicyclic) bond motifs is 1. The Labute approximate surface area is 75.0 Å². The second-order valence-electron chi connectivity index (χ2n) is 2.25. The molecule has 0 aliphatic rings. The van der Waals surface area contributed by atoms with Gasteiger partial charge in [0, 0.05) is 0 Å². The second-order valence-corrected chi connectivity index (χ2v) is 3.02. The first-order valence-electron chi connectivity index (χ1n) is 3.26. The normalized spacial score (nSPS) is 10.5. The van der Waals surface area contributed by atoms with Crippen molar-refractivity contribution in [3.63, 3.8) is 0 Å². The molecule has 0 atom stereocenters. The van der Waals surface area contributed by atoms with E-state index in [1.807, 2.05) is 0 Å². The number of nitrogens with zero attached hydrogens (tertiary/aromatic N) is 2. The van der Waals surface area contributed by atoms with Gasteiger partial charge in [0.25, 0.3) is 5.56 Å². The summed E-state index contributed by atoms with van der Waals surface area (Å²) >= 11 is 0.832. The number of aromatic nitrogens is 3. The minimum atomic E-state index is -1.18. The summed E-state index contributed by atoms with van der Waals surface area (Å²) in [6, 6.07) is 0. The van der Waals surface area contributed by atoms with E-state index in [0.29, 0.717) is 0 Å².